The molecule has 1 N–H and O–H groups in total. The van der Waals surface area contributed by atoms with E-state index < -0.39 is 17.1 Å². The molecule has 1 amide bonds. The van der Waals surface area contributed by atoms with Crippen LogP contribution in [0.2, 0.25) is 0 Å². The van der Waals surface area contributed by atoms with Crippen LogP contribution in [-0.4, -0.2) is 16.8 Å². The summed E-state index contributed by atoms with van der Waals surface area (Å²) in [5.41, 5.74) is 0.370. The molecule has 1 atom stereocenters. The van der Waals surface area contributed by atoms with Crippen molar-refractivity contribution in [3.63, 3.8) is 0 Å². The number of esters is 1. The van der Waals surface area contributed by atoms with Gasteiger partial charge < -0.3 is 10.1 Å². The molecule has 0 aliphatic carbocycles. The third-order valence-electron chi connectivity index (χ3n) is 2.02. The van der Waals surface area contributed by atoms with E-state index in [1.807, 2.05) is 0 Å². The van der Waals surface area contributed by atoms with E-state index in [4.69, 9.17) is 4.74 Å². The van der Waals surface area contributed by atoms with Gasteiger partial charge in [-0.2, -0.15) is 0 Å². The zero-order valence-electron chi connectivity index (χ0n) is 9.88. The van der Waals surface area contributed by atoms with Crippen LogP contribution < -0.4 is 5.32 Å². The van der Waals surface area contributed by atoms with Gasteiger partial charge in [0.15, 0.2) is 0 Å². The lowest BCUT2D eigenvalue weighted by Crippen LogP contribution is -2.29. The number of nitro groups is 1. The molecule has 1 rings (SSSR count). The lowest BCUT2D eigenvalue weighted by molar-refractivity contribution is -0.384. The van der Waals surface area contributed by atoms with Gasteiger partial charge in [0.05, 0.1) is 4.92 Å². The van der Waals surface area contributed by atoms with Gasteiger partial charge in [0.1, 0.15) is 0 Å². The first kappa shape index (κ1) is 13.6. The molecule has 0 aliphatic heterocycles. The summed E-state index contributed by atoms with van der Waals surface area (Å²) >= 11 is 0. The van der Waals surface area contributed by atoms with Crippen molar-refractivity contribution in [1.82, 2.24) is 5.32 Å². The predicted octanol–water partition coefficient (Wildman–Crippen LogP) is 1.29. The number of hydrogen-bond donors (Lipinski definition) is 1. The van der Waals surface area contributed by atoms with Crippen molar-refractivity contribution in [3.8, 4) is 0 Å². The third-order valence-corrected chi connectivity index (χ3v) is 2.02. The van der Waals surface area contributed by atoms with Crippen LogP contribution in [0.15, 0.2) is 24.3 Å². The Bertz CT molecular complexity index is 453. The number of carbonyl (C=O) groups is 2. The third kappa shape index (κ3) is 3.85. The fourth-order valence-corrected chi connectivity index (χ4v) is 1.30. The molecule has 0 heterocycles. The van der Waals surface area contributed by atoms with Crippen LogP contribution in [0.4, 0.5) is 5.69 Å². The maximum atomic E-state index is 11.0. The second-order valence-corrected chi connectivity index (χ2v) is 3.54. The number of nitrogens with zero attached hydrogens (tertiary/aromatic N) is 1. The molecule has 0 aliphatic rings. The highest BCUT2D eigenvalue weighted by atomic mass is 16.6. The van der Waals surface area contributed by atoms with Crippen molar-refractivity contribution in [2.75, 3.05) is 0 Å². The first-order chi connectivity index (χ1) is 8.40. The monoisotopic (exact) mass is 252 g/mol. The maximum absolute atomic E-state index is 11.0. The van der Waals surface area contributed by atoms with Crippen LogP contribution in [0.25, 0.3) is 0 Å². The summed E-state index contributed by atoms with van der Waals surface area (Å²) in [4.78, 5) is 31.8. The van der Waals surface area contributed by atoms with Gasteiger partial charge in [-0.25, -0.2) is 0 Å². The number of hydrogen-bond acceptors (Lipinski definition) is 5. The molecule has 0 fully saturated rings. The van der Waals surface area contributed by atoms with E-state index in [0.717, 1.165) is 0 Å². The largest absolute Gasteiger partial charge is 0.437 e. The van der Waals surface area contributed by atoms with Crippen LogP contribution in [0.1, 0.15) is 25.6 Å². The Morgan fingerprint density at radius 2 is 1.83 bits per heavy atom. The molecular formula is C11H12N2O5. The highest BCUT2D eigenvalue weighted by Crippen LogP contribution is 2.19. The SMILES string of the molecule is CC(=O)NC(OC(C)=O)c1ccc([N+](=O)[O-])cc1. The van der Waals surface area contributed by atoms with E-state index in [1.165, 1.54) is 38.1 Å². The number of rotatable bonds is 4. The highest BCUT2D eigenvalue weighted by Gasteiger charge is 2.16. The quantitative estimate of drug-likeness (QED) is 0.377. The highest BCUT2D eigenvalue weighted by molar-refractivity contribution is 5.74. The summed E-state index contributed by atoms with van der Waals surface area (Å²) in [5, 5.41) is 12.9. The Balaban J connectivity index is 2.93. The standard InChI is InChI=1S/C11H12N2O5/c1-7(14)12-11(18-8(2)15)9-3-5-10(6-4-9)13(16)17/h3-6,11H,1-2H3,(H,12,14). The van der Waals surface area contributed by atoms with Gasteiger partial charge in [-0.1, -0.05) is 0 Å². The topological polar surface area (TPSA) is 98.5 Å². The summed E-state index contributed by atoms with van der Waals surface area (Å²) in [6.45, 7) is 2.49. The number of benzene rings is 1. The van der Waals surface area contributed by atoms with Gasteiger partial charge in [0, 0.05) is 31.5 Å². The molecule has 1 unspecified atom stereocenters. The summed E-state index contributed by atoms with van der Waals surface area (Å²) in [6.07, 6.45) is -0.944. The molecule has 1 aromatic carbocycles. The average molecular weight is 252 g/mol. The molecule has 0 saturated heterocycles. The fraction of sp³-hybridized carbons (Fsp3) is 0.273. The van der Waals surface area contributed by atoms with E-state index in [1.54, 1.807) is 0 Å². The Kier molecular flexibility index (Phi) is 4.36. The summed E-state index contributed by atoms with van der Waals surface area (Å²) < 4.78 is 4.91. The smallest absolute Gasteiger partial charge is 0.304 e. The van der Waals surface area contributed by atoms with Crippen LogP contribution in [0.3, 0.4) is 0 Å². The van der Waals surface area contributed by atoms with E-state index >= 15 is 0 Å². The minimum absolute atomic E-state index is 0.0804. The zero-order chi connectivity index (χ0) is 13.7. The number of nitro benzene ring substituents is 1. The second kappa shape index (κ2) is 5.76. The fourth-order valence-electron chi connectivity index (χ4n) is 1.30. The number of ether oxygens (including phenoxy) is 1. The molecule has 18 heavy (non-hydrogen) atoms. The zero-order valence-corrected chi connectivity index (χ0v) is 9.88. The van der Waals surface area contributed by atoms with Crippen molar-refractivity contribution in [2.45, 2.75) is 20.1 Å². The van der Waals surface area contributed by atoms with E-state index in [-0.39, 0.29) is 11.6 Å². The number of non-ortho nitro benzene ring substituents is 1. The van der Waals surface area contributed by atoms with Gasteiger partial charge >= 0.3 is 5.97 Å². The Morgan fingerprint density at radius 1 is 1.28 bits per heavy atom. The van der Waals surface area contributed by atoms with E-state index in [2.05, 4.69) is 5.32 Å². The average Bonchev–Trinajstić information content (AvgIpc) is 2.27. The van der Waals surface area contributed by atoms with Crippen molar-refractivity contribution < 1.29 is 19.2 Å². The summed E-state index contributed by atoms with van der Waals surface area (Å²) in [6, 6.07) is 5.38. The Hall–Kier alpha value is -2.44. The minimum atomic E-state index is -0.944. The lowest BCUT2D eigenvalue weighted by atomic mass is 10.2. The number of amides is 1. The van der Waals surface area contributed by atoms with E-state index in [9.17, 15) is 19.7 Å². The van der Waals surface area contributed by atoms with Crippen molar-refractivity contribution in [3.05, 3.63) is 39.9 Å². The van der Waals surface area contributed by atoms with Gasteiger partial charge in [-0.05, 0) is 12.1 Å². The minimum Gasteiger partial charge on any atom is -0.437 e. The van der Waals surface area contributed by atoms with Crippen LogP contribution in [0.5, 0.6) is 0 Å². The number of carbonyl (C=O) groups excluding carboxylic acids is 2. The Labute approximate surface area is 103 Å². The van der Waals surface area contributed by atoms with Crippen LogP contribution in [-0.2, 0) is 14.3 Å². The molecule has 7 nitrogen and oxygen atoms in total. The second-order valence-electron chi connectivity index (χ2n) is 3.54. The molecule has 0 bridgehead atoms. The summed E-state index contributed by atoms with van der Waals surface area (Å²) in [5.74, 6) is -0.938. The van der Waals surface area contributed by atoms with Crippen molar-refractivity contribution in [1.29, 1.82) is 0 Å². The van der Waals surface area contributed by atoms with E-state index in [0.29, 0.717) is 5.56 Å². The molecule has 96 valence electrons. The molecule has 0 spiro atoms. The van der Waals surface area contributed by atoms with Crippen molar-refractivity contribution in [2.24, 2.45) is 0 Å². The van der Waals surface area contributed by atoms with Gasteiger partial charge in [-0.3, -0.25) is 19.7 Å². The first-order valence-electron chi connectivity index (χ1n) is 5.09. The molecule has 1 aromatic rings. The Morgan fingerprint density at radius 3 is 2.22 bits per heavy atom. The van der Waals surface area contributed by atoms with Crippen LogP contribution in [0, 0.1) is 10.1 Å². The molecule has 7 heteroatoms. The molecular weight excluding hydrogens is 240 g/mol. The molecule has 0 radical (unpaired) electrons. The number of nitrogens with one attached hydrogen (secondary N) is 1. The van der Waals surface area contributed by atoms with Gasteiger partial charge in [-0.15, -0.1) is 0 Å². The van der Waals surface area contributed by atoms with Gasteiger partial charge in [0.2, 0.25) is 12.1 Å². The van der Waals surface area contributed by atoms with Crippen LogP contribution >= 0.6 is 0 Å². The molecule has 0 saturated carbocycles. The first-order valence-corrected chi connectivity index (χ1v) is 5.09. The predicted molar refractivity (Wildman–Crippen MR) is 61.4 cm³/mol. The van der Waals surface area contributed by atoms with Crippen molar-refractivity contribution >= 4 is 17.6 Å². The maximum Gasteiger partial charge on any atom is 0.304 e. The van der Waals surface area contributed by atoms with Gasteiger partial charge in [0.25, 0.3) is 5.69 Å². The summed E-state index contributed by atoms with van der Waals surface area (Å²) in [7, 11) is 0. The molecule has 0 aromatic heterocycles. The lowest BCUT2D eigenvalue weighted by Gasteiger charge is -2.17. The normalized spacial score (nSPS) is 11.4.